The fourth-order valence-electron chi connectivity index (χ4n) is 4.65. The maximum atomic E-state index is 15.1. The zero-order valence-corrected chi connectivity index (χ0v) is 20.6. The topological polar surface area (TPSA) is 68.8 Å². The van der Waals surface area contributed by atoms with Gasteiger partial charge in [0.1, 0.15) is 11.9 Å². The number of amides is 1. The highest BCUT2D eigenvalue weighted by atomic mass is 19.3. The molecule has 9 nitrogen and oxygen atoms in total. The molecular formula is C24H34F3N5O4. The van der Waals surface area contributed by atoms with Gasteiger partial charge in [-0.2, -0.15) is 5.06 Å². The van der Waals surface area contributed by atoms with E-state index in [4.69, 9.17) is 9.57 Å². The first-order chi connectivity index (χ1) is 17.3. The first-order valence-corrected chi connectivity index (χ1v) is 12.4. The summed E-state index contributed by atoms with van der Waals surface area (Å²) in [5, 5.41) is 1.95. The number of cyclic esters (lactones) is 1. The first kappa shape index (κ1) is 26.6. The summed E-state index contributed by atoms with van der Waals surface area (Å²) in [5.74, 6) is -1.65. The van der Waals surface area contributed by atoms with E-state index in [0.29, 0.717) is 37.6 Å². The Bertz CT molecular complexity index is 916. The van der Waals surface area contributed by atoms with Crippen LogP contribution in [0.3, 0.4) is 0 Å². The van der Waals surface area contributed by atoms with Crippen LogP contribution in [0.25, 0.3) is 0 Å². The molecule has 4 rings (SSSR count). The number of ether oxygens (including phenoxy) is 1. The van der Waals surface area contributed by atoms with Gasteiger partial charge in [0.2, 0.25) is 0 Å². The lowest BCUT2D eigenvalue weighted by Gasteiger charge is -2.33. The minimum absolute atomic E-state index is 0.00502. The van der Waals surface area contributed by atoms with E-state index in [2.05, 4.69) is 16.8 Å². The van der Waals surface area contributed by atoms with E-state index in [1.165, 1.54) is 11.0 Å². The SMILES string of the molecule is CN1CCN(CCN2CCN(c3ccc(N4C[C@H](CCC(=O)C(F)F)OC4=O)cc3F)CCO2)CC1. The molecule has 3 aliphatic rings. The fraction of sp³-hybridized carbons (Fsp3) is 0.667. The maximum absolute atomic E-state index is 15.1. The number of hydrogen-bond acceptors (Lipinski definition) is 8. The molecule has 3 heterocycles. The molecule has 1 aromatic carbocycles. The van der Waals surface area contributed by atoms with Crippen molar-refractivity contribution in [3.05, 3.63) is 24.0 Å². The molecule has 12 heteroatoms. The van der Waals surface area contributed by atoms with Crippen LogP contribution in [0.5, 0.6) is 0 Å². The summed E-state index contributed by atoms with van der Waals surface area (Å²) in [6, 6.07) is 4.55. The number of Topliss-reactive ketones (excluding diaryl/α,β-unsaturated/α-hetero) is 1. The highest BCUT2D eigenvalue weighted by Gasteiger charge is 2.33. The molecule has 1 aromatic rings. The zero-order valence-electron chi connectivity index (χ0n) is 20.6. The lowest BCUT2D eigenvalue weighted by atomic mass is 10.1. The van der Waals surface area contributed by atoms with E-state index in [1.807, 2.05) is 9.96 Å². The van der Waals surface area contributed by atoms with Crippen LogP contribution in [0.2, 0.25) is 0 Å². The minimum atomic E-state index is -3.03. The van der Waals surface area contributed by atoms with Gasteiger partial charge >= 0.3 is 6.09 Å². The number of nitrogens with zero attached hydrogens (tertiary/aromatic N) is 5. The number of benzene rings is 1. The minimum Gasteiger partial charge on any atom is -0.444 e. The van der Waals surface area contributed by atoms with Crippen molar-refractivity contribution in [3.8, 4) is 0 Å². The average Bonchev–Trinajstić information content (AvgIpc) is 3.07. The van der Waals surface area contributed by atoms with E-state index in [1.54, 1.807) is 12.1 Å². The Morgan fingerprint density at radius 1 is 1.08 bits per heavy atom. The average molecular weight is 514 g/mol. The predicted octanol–water partition coefficient (Wildman–Crippen LogP) is 2.07. The quantitative estimate of drug-likeness (QED) is 0.497. The zero-order chi connectivity index (χ0) is 25.7. The Kier molecular flexibility index (Phi) is 9.04. The summed E-state index contributed by atoms with van der Waals surface area (Å²) in [6.45, 7) is 8.26. The smallest absolute Gasteiger partial charge is 0.414 e. The molecule has 3 saturated heterocycles. The van der Waals surface area contributed by atoms with Gasteiger partial charge < -0.3 is 14.5 Å². The molecule has 200 valence electrons. The molecule has 0 unspecified atom stereocenters. The van der Waals surface area contributed by atoms with Crippen molar-refractivity contribution in [1.29, 1.82) is 0 Å². The number of anilines is 2. The number of hydrogen-bond donors (Lipinski definition) is 0. The Morgan fingerprint density at radius 2 is 1.86 bits per heavy atom. The van der Waals surface area contributed by atoms with Gasteiger partial charge in [-0.3, -0.25) is 19.4 Å². The molecule has 3 fully saturated rings. The second-order valence-corrected chi connectivity index (χ2v) is 9.45. The maximum Gasteiger partial charge on any atom is 0.414 e. The third kappa shape index (κ3) is 6.87. The Labute approximate surface area is 209 Å². The number of likely N-dealkylation sites (N-methyl/N-ethyl adjacent to an activating group) is 1. The van der Waals surface area contributed by atoms with Crippen molar-refractivity contribution in [2.75, 3.05) is 88.9 Å². The highest BCUT2D eigenvalue weighted by molar-refractivity contribution is 5.90. The highest BCUT2D eigenvalue weighted by Crippen LogP contribution is 2.29. The van der Waals surface area contributed by atoms with Gasteiger partial charge in [0.05, 0.1) is 24.5 Å². The number of rotatable bonds is 9. The lowest BCUT2D eigenvalue weighted by molar-refractivity contribution is -0.150. The van der Waals surface area contributed by atoms with Gasteiger partial charge in [-0.05, 0) is 31.7 Å². The monoisotopic (exact) mass is 513 g/mol. The Balaban J connectivity index is 1.28. The molecule has 0 radical (unpaired) electrons. The van der Waals surface area contributed by atoms with Crippen molar-refractivity contribution < 1.29 is 32.3 Å². The standard InChI is InChI=1S/C24H34F3N5O4/c1-28-6-8-29(9-7-28)10-12-31-13-11-30(14-15-35-31)21-4-2-18(16-20(21)25)32-17-19(36-24(32)34)3-5-22(33)23(26)27/h2,4,16,19,23H,3,5-15,17H2,1H3/t19-/m0/s1. The van der Waals surface area contributed by atoms with Gasteiger partial charge in [0.15, 0.2) is 5.78 Å². The number of halogens is 3. The summed E-state index contributed by atoms with van der Waals surface area (Å²) in [4.78, 5) is 37.2. The van der Waals surface area contributed by atoms with Crippen LogP contribution in [0.1, 0.15) is 12.8 Å². The van der Waals surface area contributed by atoms with Crippen LogP contribution in [0.15, 0.2) is 18.2 Å². The van der Waals surface area contributed by atoms with Gasteiger partial charge in [-0.15, -0.1) is 0 Å². The van der Waals surface area contributed by atoms with E-state index < -0.39 is 30.2 Å². The normalized spacial score (nSPS) is 22.8. The summed E-state index contributed by atoms with van der Waals surface area (Å²) in [6.07, 6.45) is -4.78. The second-order valence-electron chi connectivity index (χ2n) is 9.45. The van der Waals surface area contributed by atoms with Crippen molar-refractivity contribution in [2.24, 2.45) is 0 Å². The second kappa shape index (κ2) is 12.2. The van der Waals surface area contributed by atoms with Crippen molar-refractivity contribution in [2.45, 2.75) is 25.4 Å². The van der Waals surface area contributed by atoms with Crippen molar-refractivity contribution >= 4 is 23.3 Å². The third-order valence-electron chi connectivity index (χ3n) is 6.93. The summed E-state index contributed by atoms with van der Waals surface area (Å²) >= 11 is 0. The fourth-order valence-corrected chi connectivity index (χ4v) is 4.65. The number of carbonyl (C=O) groups excluding carboxylic acids is 2. The van der Waals surface area contributed by atoms with Gasteiger partial charge in [-0.25, -0.2) is 18.0 Å². The third-order valence-corrected chi connectivity index (χ3v) is 6.93. The van der Waals surface area contributed by atoms with Crippen LogP contribution in [-0.2, 0) is 14.4 Å². The van der Waals surface area contributed by atoms with Crippen LogP contribution < -0.4 is 9.80 Å². The molecule has 1 atom stereocenters. The van der Waals surface area contributed by atoms with Crippen LogP contribution in [0.4, 0.5) is 29.3 Å². The number of piperazine rings is 1. The van der Waals surface area contributed by atoms with E-state index >= 15 is 4.39 Å². The van der Waals surface area contributed by atoms with Gasteiger partial charge in [0.25, 0.3) is 6.43 Å². The number of alkyl halides is 2. The van der Waals surface area contributed by atoms with E-state index in [9.17, 15) is 18.4 Å². The van der Waals surface area contributed by atoms with Crippen LogP contribution in [0, 0.1) is 5.82 Å². The number of carbonyl (C=O) groups is 2. The lowest BCUT2D eigenvalue weighted by Crippen LogP contribution is -2.47. The van der Waals surface area contributed by atoms with E-state index in [-0.39, 0.29) is 19.4 Å². The molecular weight excluding hydrogens is 479 g/mol. The molecule has 0 bridgehead atoms. The summed E-state index contributed by atoms with van der Waals surface area (Å²) in [7, 11) is 2.13. The Hall–Kier alpha value is -2.41. The molecule has 3 aliphatic heterocycles. The first-order valence-electron chi connectivity index (χ1n) is 12.4. The Morgan fingerprint density at radius 3 is 2.58 bits per heavy atom. The molecule has 0 aliphatic carbocycles. The largest absolute Gasteiger partial charge is 0.444 e. The molecule has 36 heavy (non-hydrogen) atoms. The van der Waals surface area contributed by atoms with Gasteiger partial charge in [0, 0.05) is 65.3 Å². The van der Waals surface area contributed by atoms with Gasteiger partial charge in [-0.1, -0.05) is 0 Å². The molecule has 0 aromatic heterocycles. The summed E-state index contributed by atoms with van der Waals surface area (Å²) < 4.78 is 45.1. The molecule has 0 spiro atoms. The van der Waals surface area contributed by atoms with Crippen LogP contribution in [-0.4, -0.2) is 118 Å². The number of hydroxylamine groups is 2. The van der Waals surface area contributed by atoms with Crippen LogP contribution >= 0.6 is 0 Å². The molecule has 0 N–H and O–H groups in total. The van der Waals surface area contributed by atoms with Crippen molar-refractivity contribution in [3.63, 3.8) is 0 Å². The molecule has 1 amide bonds. The van der Waals surface area contributed by atoms with Crippen molar-refractivity contribution in [1.82, 2.24) is 14.9 Å². The number of ketones is 1. The summed E-state index contributed by atoms with van der Waals surface area (Å²) in [5.41, 5.74) is 0.749. The van der Waals surface area contributed by atoms with E-state index in [0.717, 1.165) is 39.3 Å². The molecule has 0 saturated carbocycles. The predicted molar refractivity (Wildman–Crippen MR) is 128 cm³/mol.